The summed E-state index contributed by atoms with van der Waals surface area (Å²) in [7, 11) is 0. The number of aliphatic imine (C=N–C) groups is 1. The Kier molecular flexibility index (Phi) is 12.9. The Hall–Kier alpha value is -5.27. The largest absolute Gasteiger partial charge is 0.488 e. The molecule has 1 aliphatic heterocycles. The van der Waals surface area contributed by atoms with E-state index in [9.17, 15) is 23.9 Å². The number of nitrogens with two attached hydrogens (primary N) is 2. The third-order valence-electron chi connectivity index (χ3n) is 7.54. The average molecular weight is 692 g/mol. The molecule has 1 aromatic heterocycles. The molecular weight excluding hydrogens is 653 g/mol. The molecule has 0 spiro atoms. The molecule has 0 saturated carbocycles. The van der Waals surface area contributed by atoms with Gasteiger partial charge in [-0.1, -0.05) is 49.7 Å². The number of nitrogens with one attached hydrogen (secondary N) is 1. The number of carboxylic acids is 1. The second-order valence-electron chi connectivity index (χ2n) is 10.9. The van der Waals surface area contributed by atoms with Gasteiger partial charge < -0.3 is 31.5 Å². The summed E-state index contributed by atoms with van der Waals surface area (Å²) in [6, 6.07) is 15.3. The van der Waals surface area contributed by atoms with Gasteiger partial charge in [0.2, 0.25) is 5.91 Å². The van der Waals surface area contributed by atoms with Crippen molar-refractivity contribution in [2.45, 2.75) is 38.8 Å². The van der Waals surface area contributed by atoms with Gasteiger partial charge in [0.25, 0.3) is 5.91 Å². The molecule has 0 aliphatic carbocycles. The molecule has 1 fully saturated rings. The van der Waals surface area contributed by atoms with Crippen LogP contribution in [-0.2, 0) is 9.59 Å². The molecule has 12 nitrogen and oxygen atoms in total. The van der Waals surface area contributed by atoms with Crippen molar-refractivity contribution in [3.63, 3.8) is 0 Å². The van der Waals surface area contributed by atoms with Gasteiger partial charge >= 0.3 is 5.97 Å². The first-order chi connectivity index (χ1) is 23.6. The molecule has 6 N–H and O–H groups in total. The van der Waals surface area contributed by atoms with Crippen molar-refractivity contribution >= 4 is 41.3 Å². The number of benzene rings is 3. The standard InChI is InChI=1S/C33H33ClFN7O5.C2H6/c34-27-13-22(35)8-9-29(27)42-18-21(15-40-42)32(44)41-19-24(14-30(41)33(45)46)47-23-5-1-4-20(12-23)25-6-2-7-28(37)26(25)16-38-17-31(43)39-11-3-10-36;1-2/h1-2,4-9,12-13,15-16,18,24,30H,3,10-11,14,17,19,36-37H2,(H,39,43)(H,45,46);1-2H3. The number of nitrogens with zero attached hydrogens (tertiary/aromatic N) is 4. The Morgan fingerprint density at radius 2 is 1.94 bits per heavy atom. The maximum Gasteiger partial charge on any atom is 0.326 e. The lowest BCUT2D eigenvalue weighted by Gasteiger charge is -2.20. The Bertz CT molecular complexity index is 1810. The van der Waals surface area contributed by atoms with E-state index in [0.29, 0.717) is 42.2 Å². The van der Waals surface area contributed by atoms with Crippen molar-refractivity contribution in [1.82, 2.24) is 20.0 Å². The van der Waals surface area contributed by atoms with Crippen LogP contribution in [0.1, 0.15) is 42.6 Å². The predicted molar refractivity (Wildman–Crippen MR) is 187 cm³/mol. The van der Waals surface area contributed by atoms with Gasteiger partial charge in [-0.2, -0.15) is 5.10 Å². The second-order valence-corrected chi connectivity index (χ2v) is 11.3. The average Bonchev–Trinajstić information content (AvgIpc) is 3.75. The van der Waals surface area contributed by atoms with Gasteiger partial charge in [-0.25, -0.2) is 13.9 Å². The number of rotatable bonds is 12. The van der Waals surface area contributed by atoms with Crippen LogP contribution in [0.15, 0.2) is 78.0 Å². The number of aromatic nitrogens is 2. The fourth-order valence-electron chi connectivity index (χ4n) is 5.25. The number of likely N-dealkylation sites (tertiary alicyclic amines) is 1. The SMILES string of the molecule is CC.NCCCNC(=O)CN=Cc1c(N)cccc1-c1cccc(OC2CC(C(=O)O)N(C(=O)c3cnn(-c4ccc(F)cc4Cl)c3)C2)c1. The van der Waals surface area contributed by atoms with Gasteiger partial charge in [-0.15, -0.1) is 0 Å². The van der Waals surface area contributed by atoms with E-state index in [1.165, 1.54) is 34.1 Å². The van der Waals surface area contributed by atoms with E-state index in [1.807, 2.05) is 26.0 Å². The van der Waals surface area contributed by atoms with Crippen molar-refractivity contribution in [1.29, 1.82) is 0 Å². The minimum atomic E-state index is -1.16. The number of amides is 2. The molecule has 1 saturated heterocycles. The third-order valence-corrected chi connectivity index (χ3v) is 7.84. The van der Waals surface area contributed by atoms with Crippen LogP contribution < -0.4 is 21.5 Å². The van der Waals surface area contributed by atoms with Gasteiger partial charge in [-0.3, -0.25) is 14.6 Å². The Morgan fingerprint density at radius 1 is 1.16 bits per heavy atom. The van der Waals surface area contributed by atoms with Crippen LogP contribution in [0, 0.1) is 5.82 Å². The highest BCUT2D eigenvalue weighted by Crippen LogP contribution is 2.31. The monoisotopic (exact) mass is 691 g/mol. The van der Waals surface area contributed by atoms with Crippen molar-refractivity contribution in [3.8, 4) is 22.6 Å². The van der Waals surface area contributed by atoms with E-state index in [4.69, 9.17) is 27.8 Å². The van der Waals surface area contributed by atoms with E-state index in [0.717, 1.165) is 17.2 Å². The fourth-order valence-corrected chi connectivity index (χ4v) is 5.51. The summed E-state index contributed by atoms with van der Waals surface area (Å²) >= 11 is 6.14. The van der Waals surface area contributed by atoms with E-state index in [1.54, 1.807) is 36.5 Å². The predicted octanol–water partition coefficient (Wildman–Crippen LogP) is 4.57. The van der Waals surface area contributed by atoms with Crippen LogP contribution in [0.2, 0.25) is 5.02 Å². The summed E-state index contributed by atoms with van der Waals surface area (Å²) in [4.78, 5) is 43.2. The number of carboxylic acid groups (broad SMARTS) is 1. The lowest BCUT2D eigenvalue weighted by Crippen LogP contribution is -2.40. The van der Waals surface area contributed by atoms with Crippen LogP contribution in [-0.4, -0.2) is 82.1 Å². The smallest absolute Gasteiger partial charge is 0.326 e. The highest BCUT2D eigenvalue weighted by Gasteiger charge is 2.41. The number of halogens is 2. The summed E-state index contributed by atoms with van der Waals surface area (Å²) in [5, 5.41) is 17.0. The molecular formula is C35H39ClFN7O5. The van der Waals surface area contributed by atoms with Gasteiger partial charge in [0.05, 0.1) is 29.0 Å². The number of carbonyl (C=O) groups is 3. The topological polar surface area (TPSA) is 178 Å². The molecule has 258 valence electrons. The van der Waals surface area contributed by atoms with Crippen LogP contribution in [0.25, 0.3) is 16.8 Å². The fraction of sp³-hybridized carbons (Fsp3) is 0.286. The number of hydrogen-bond acceptors (Lipinski definition) is 8. The Morgan fingerprint density at radius 3 is 2.67 bits per heavy atom. The molecule has 49 heavy (non-hydrogen) atoms. The molecule has 1 aliphatic rings. The first kappa shape index (κ1) is 36.6. The third kappa shape index (κ3) is 9.21. The van der Waals surface area contributed by atoms with E-state index < -0.39 is 29.8 Å². The molecule has 3 aromatic carbocycles. The molecule has 2 amide bonds. The first-order valence-corrected chi connectivity index (χ1v) is 16.2. The number of ether oxygens (including phenoxy) is 1. The summed E-state index contributed by atoms with van der Waals surface area (Å²) in [5.41, 5.74) is 14.9. The zero-order valence-electron chi connectivity index (χ0n) is 27.2. The van der Waals surface area contributed by atoms with Crippen molar-refractivity contribution in [2.24, 2.45) is 10.7 Å². The van der Waals surface area contributed by atoms with Crippen molar-refractivity contribution in [2.75, 3.05) is 31.9 Å². The van der Waals surface area contributed by atoms with Gasteiger partial charge in [0.1, 0.15) is 30.3 Å². The lowest BCUT2D eigenvalue weighted by molar-refractivity contribution is -0.141. The van der Waals surface area contributed by atoms with Gasteiger partial charge in [0.15, 0.2) is 0 Å². The van der Waals surface area contributed by atoms with Crippen LogP contribution in [0.5, 0.6) is 5.75 Å². The highest BCUT2D eigenvalue weighted by atomic mass is 35.5. The van der Waals surface area contributed by atoms with Crippen molar-refractivity contribution < 1.29 is 28.6 Å². The van der Waals surface area contributed by atoms with Gasteiger partial charge in [-0.05, 0) is 60.5 Å². The summed E-state index contributed by atoms with van der Waals surface area (Å²) in [6.07, 6.45) is 4.41. The molecule has 14 heteroatoms. The number of carbonyl (C=O) groups excluding carboxylic acids is 2. The quantitative estimate of drug-likeness (QED) is 0.0948. The zero-order chi connectivity index (χ0) is 35.5. The van der Waals surface area contributed by atoms with E-state index in [-0.39, 0.29) is 36.0 Å². The van der Waals surface area contributed by atoms with Crippen molar-refractivity contribution in [3.05, 3.63) is 95.0 Å². The second kappa shape index (κ2) is 17.2. The molecule has 2 unspecified atom stereocenters. The summed E-state index contributed by atoms with van der Waals surface area (Å²) in [6.45, 7) is 4.92. The van der Waals surface area contributed by atoms with Crippen LogP contribution >= 0.6 is 11.6 Å². The minimum Gasteiger partial charge on any atom is -0.488 e. The van der Waals surface area contributed by atoms with E-state index >= 15 is 0 Å². The normalized spacial score (nSPS) is 15.5. The maximum absolute atomic E-state index is 13.5. The molecule has 5 rings (SSSR count). The van der Waals surface area contributed by atoms with E-state index in [2.05, 4.69) is 15.4 Å². The molecule has 0 bridgehead atoms. The number of hydrogen-bond donors (Lipinski definition) is 4. The lowest BCUT2D eigenvalue weighted by atomic mass is 9.98. The molecule has 2 atom stereocenters. The number of aliphatic carboxylic acids is 1. The summed E-state index contributed by atoms with van der Waals surface area (Å²) < 4.78 is 21.0. The molecule has 2 heterocycles. The first-order valence-electron chi connectivity index (χ1n) is 15.8. The Labute approximate surface area is 288 Å². The molecule has 4 aromatic rings. The zero-order valence-corrected chi connectivity index (χ0v) is 27.9. The Balaban J connectivity index is 0.00000265. The molecule has 0 radical (unpaired) electrons. The number of nitrogen functional groups attached to an aromatic ring is 1. The minimum absolute atomic E-state index is 0.0199. The summed E-state index contributed by atoms with van der Waals surface area (Å²) in [5.74, 6) is -1.98. The van der Waals surface area contributed by atoms with Crippen LogP contribution in [0.3, 0.4) is 0 Å². The van der Waals surface area contributed by atoms with Gasteiger partial charge in [0, 0.05) is 36.6 Å². The van der Waals surface area contributed by atoms with Crippen LogP contribution in [0.4, 0.5) is 10.1 Å². The number of anilines is 1. The highest BCUT2D eigenvalue weighted by molar-refractivity contribution is 6.32. The maximum atomic E-state index is 13.5.